The number of nitrogens with one attached hydrogen (secondary N) is 1. The van der Waals surface area contributed by atoms with E-state index in [1.807, 2.05) is 82.6 Å². The molecule has 1 atom stereocenters. The van der Waals surface area contributed by atoms with E-state index in [0.29, 0.717) is 71.0 Å². The quantitative estimate of drug-likeness (QED) is 0.0431. The SMILES string of the molecule is CCn1cc(-c2cnc3ccc(N(CCCN4CCCC4=O)c4cc(OC)cc(OC)c4)cc3n2)cn1.COc1cc(F)cc(N(C[C@@H](O)C(F)(F)F)c2ccc3ncc(-c4cnn(C)c4)nc3c2)c1.COc1cc(OC)cc(N(CCNC(C)C)c2ccc3ncc(-c4cnn(CCS(C)(=O)=O)c4)nc3c2)c1. The largest absolute Gasteiger partial charge is 0.497 e. The Kier molecular flexibility index (Phi) is 25.0. The third-order valence-corrected chi connectivity index (χ3v) is 18.6. The Balaban J connectivity index is 0.000000162. The molecule has 0 spiro atoms. The molecule has 6 aromatic heterocycles. The first-order valence-electron chi connectivity index (χ1n) is 34.8. The van der Waals surface area contributed by atoms with Crippen molar-refractivity contribution >= 4 is 83.0 Å². The van der Waals surface area contributed by atoms with Crippen LogP contribution < -0.4 is 43.7 Å². The molecule has 1 fully saturated rings. The van der Waals surface area contributed by atoms with Gasteiger partial charge in [0.2, 0.25) is 5.91 Å². The van der Waals surface area contributed by atoms with Gasteiger partial charge in [-0.15, -0.1) is 0 Å². The molecule has 1 aliphatic rings. The second-order valence-corrected chi connectivity index (χ2v) is 28.1. The van der Waals surface area contributed by atoms with Gasteiger partial charge in [0, 0.05) is 183 Å². The van der Waals surface area contributed by atoms with Crippen LogP contribution in [0.4, 0.5) is 51.7 Å². The maximum absolute atomic E-state index is 14.1. The third kappa shape index (κ3) is 19.9. The van der Waals surface area contributed by atoms with E-state index < -0.39 is 34.5 Å². The summed E-state index contributed by atoms with van der Waals surface area (Å²) >= 11 is 0. The van der Waals surface area contributed by atoms with Crippen LogP contribution in [-0.2, 0) is 34.8 Å². The summed E-state index contributed by atoms with van der Waals surface area (Å²) in [7, 11) is 6.57. The highest BCUT2D eigenvalue weighted by atomic mass is 32.2. The van der Waals surface area contributed by atoms with Gasteiger partial charge in [0.1, 0.15) is 44.4 Å². The molecule has 1 amide bonds. The van der Waals surface area contributed by atoms with Gasteiger partial charge >= 0.3 is 6.18 Å². The lowest BCUT2D eigenvalue weighted by atomic mass is 10.1. The van der Waals surface area contributed by atoms with Crippen molar-refractivity contribution in [1.29, 1.82) is 0 Å². The van der Waals surface area contributed by atoms with Crippen LogP contribution >= 0.6 is 0 Å². The molecule has 13 rings (SSSR count). The molecule has 31 heteroatoms. The summed E-state index contributed by atoms with van der Waals surface area (Å²) < 4.78 is 109. The van der Waals surface area contributed by atoms with Crippen molar-refractivity contribution in [3.63, 3.8) is 0 Å². The van der Waals surface area contributed by atoms with E-state index in [4.69, 9.17) is 33.7 Å². The highest BCUT2D eigenvalue weighted by molar-refractivity contribution is 7.90. The number of fused-ring (bicyclic) bond motifs is 3. The number of methoxy groups -OCH3 is 5. The lowest BCUT2D eigenvalue weighted by Crippen LogP contribution is -2.39. The first-order chi connectivity index (χ1) is 51.9. The molecule has 566 valence electrons. The molecule has 26 nitrogen and oxygen atoms in total. The number of nitrogens with zero attached hydrogens (tertiary/aromatic N) is 16. The third-order valence-electron chi connectivity index (χ3n) is 17.7. The number of carbonyl (C=O) groups excluding carboxylic acids is 1. The maximum Gasteiger partial charge on any atom is 0.416 e. The molecule has 6 aromatic carbocycles. The molecule has 12 aromatic rings. The zero-order valence-corrected chi connectivity index (χ0v) is 62.3. The number of sulfone groups is 1. The number of aromatic nitrogens is 12. The number of likely N-dealkylation sites (tertiary alicyclic amines) is 1. The lowest BCUT2D eigenvalue weighted by Gasteiger charge is -2.28. The number of aryl methyl sites for hydroxylation is 3. The first-order valence-corrected chi connectivity index (χ1v) is 36.8. The number of benzene rings is 6. The number of aliphatic hydroxyl groups is 1. The minimum absolute atomic E-state index is 0.0252. The Morgan fingerprint density at radius 1 is 0.556 bits per heavy atom. The monoisotopic (exact) mass is 1500 g/mol. The van der Waals surface area contributed by atoms with Gasteiger partial charge in [-0.2, -0.15) is 28.5 Å². The Labute approximate surface area is 622 Å². The number of carbonyl (C=O) groups is 1. The van der Waals surface area contributed by atoms with Crippen LogP contribution in [0.3, 0.4) is 0 Å². The van der Waals surface area contributed by atoms with Gasteiger partial charge in [-0.25, -0.2) is 27.8 Å². The lowest BCUT2D eigenvalue weighted by molar-refractivity contribution is -0.199. The fraction of sp³-hybridized carbons (Fsp3) is 0.325. The fourth-order valence-electron chi connectivity index (χ4n) is 12.0. The van der Waals surface area contributed by atoms with E-state index in [9.17, 15) is 35.9 Å². The average Bonchev–Trinajstić information content (AvgIpc) is 1.28. The highest BCUT2D eigenvalue weighted by Crippen LogP contribution is 2.38. The van der Waals surface area contributed by atoms with Crippen molar-refractivity contribution in [2.24, 2.45) is 7.05 Å². The van der Waals surface area contributed by atoms with Gasteiger partial charge in [-0.05, 0) is 80.4 Å². The Morgan fingerprint density at radius 2 is 1.00 bits per heavy atom. The fourth-order valence-corrected chi connectivity index (χ4v) is 12.5. The number of amides is 1. The molecule has 108 heavy (non-hydrogen) atoms. The van der Waals surface area contributed by atoms with Crippen LogP contribution in [0, 0.1) is 5.82 Å². The summed E-state index contributed by atoms with van der Waals surface area (Å²) in [4.78, 5) is 47.6. The van der Waals surface area contributed by atoms with Crippen LogP contribution in [0.15, 0.2) is 165 Å². The molecule has 0 aliphatic carbocycles. The van der Waals surface area contributed by atoms with Crippen LogP contribution in [0.5, 0.6) is 28.7 Å². The molecule has 2 N–H and O–H groups in total. The summed E-state index contributed by atoms with van der Waals surface area (Å²) in [6.07, 6.45) is 11.8. The number of hydrogen-bond donors (Lipinski definition) is 2. The van der Waals surface area contributed by atoms with E-state index in [1.165, 1.54) is 31.6 Å². The van der Waals surface area contributed by atoms with Crippen molar-refractivity contribution in [3.8, 4) is 62.5 Å². The summed E-state index contributed by atoms with van der Waals surface area (Å²) in [5.41, 5.74) is 12.6. The number of halogens is 4. The first kappa shape index (κ1) is 77.5. The van der Waals surface area contributed by atoms with E-state index in [1.54, 1.807) is 94.3 Å². The predicted octanol–water partition coefficient (Wildman–Crippen LogP) is 12.6. The van der Waals surface area contributed by atoms with Gasteiger partial charge in [-0.1, -0.05) is 13.8 Å². The highest BCUT2D eigenvalue weighted by Gasteiger charge is 2.40. The molecule has 0 bridgehead atoms. The molecule has 0 saturated carbocycles. The van der Waals surface area contributed by atoms with Gasteiger partial charge in [-0.3, -0.25) is 33.8 Å². The standard InChI is InChI=1S/C28H32N6O3.C27H34N6O4S.C22H19F4N5O2/c1-4-33-19-20(17-30-33)27-18-29-25-9-8-21(15-26(25)31-27)34(12-6-11-32-10-5-7-28(32)35)22-13-23(36-2)16-24(14-22)37-3;1-19(2)28-8-9-33(22-12-23(36-3)15-24(13-22)37-4)21-6-7-25-26(14-21)31-27(17-29-25)20-16-30-32(18-20)10-11-38(5,34)35;1-30-11-13(9-28-30)20-10-27-18-4-3-15(8-19(18)29-20)31(12-21(32)22(24,25)26)16-5-14(23)6-17(7-16)33-2/h8-9,13-19H,4-7,10-12H2,1-3H3;6-7,12-19,28H,8-11H2,1-5H3;3-11,21,32H,12H2,1-2H3/t;;21-/m..1/s1. The van der Waals surface area contributed by atoms with Crippen molar-refractivity contribution in [3.05, 3.63) is 171 Å². The molecule has 7 heterocycles. The van der Waals surface area contributed by atoms with E-state index in [0.717, 1.165) is 123 Å². The van der Waals surface area contributed by atoms with Crippen LogP contribution in [0.2, 0.25) is 0 Å². The van der Waals surface area contributed by atoms with E-state index in [2.05, 4.69) is 83.3 Å². The zero-order chi connectivity index (χ0) is 76.8. The Morgan fingerprint density at radius 3 is 1.43 bits per heavy atom. The van der Waals surface area contributed by atoms with Crippen LogP contribution in [0.25, 0.3) is 66.9 Å². The topological polar surface area (TPSA) is 273 Å². The Bertz CT molecular complexity index is 5170. The zero-order valence-electron chi connectivity index (χ0n) is 61.5. The van der Waals surface area contributed by atoms with Crippen molar-refractivity contribution in [1.82, 2.24) is 69.5 Å². The molecule has 0 unspecified atom stereocenters. The van der Waals surface area contributed by atoms with Crippen molar-refractivity contribution in [2.75, 3.05) is 102 Å². The summed E-state index contributed by atoms with van der Waals surface area (Å²) in [5, 5.41) is 26.0. The van der Waals surface area contributed by atoms with E-state index in [-0.39, 0.29) is 35.3 Å². The number of anilines is 6. The van der Waals surface area contributed by atoms with Gasteiger partial charge < -0.3 is 53.7 Å². The Hall–Kier alpha value is -11.6. The molecular formula is C77H85F4N17O9S. The number of hydrogen-bond acceptors (Lipinski definition) is 22. The van der Waals surface area contributed by atoms with Gasteiger partial charge in [0.15, 0.2) is 6.10 Å². The van der Waals surface area contributed by atoms with Crippen LogP contribution in [0.1, 0.15) is 40.0 Å². The van der Waals surface area contributed by atoms with Crippen molar-refractivity contribution in [2.45, 2.75) is 71.4 Å². The summed E-state index contributed by atoms with van der Waals surface area (Å²) in [6.45, 7) is 10.3. The number of rotatable bonds is 28. The molecule has 0 radical (unpaired) electrons. The van der Waals surface area contributed by atoms with Gasteiger partial charge in [0.25, 0.3) is 0 Å². The second kappa shape index (κ2) is 34.8. The minimum atomic E-state index is -4.86. The van der Waals surface area contributed by atoms with Crippen LogP contribution in [-0.4, -0.2) is 189 Å². The smallest absolute Gasteiger partial charge is 0.416 e. The second-order valence-electron chi connectivity index (χ2n) is 25.8. The normalized spacial score (nSPS) is 12.6. The molecule has 1 saturated heterocycles. The number of ether oxygens (including phenoxy) is 5. The molecule has 1 aliphatic heterocycles. The summed E-state index contributed by atoms with van der Waals surface area (Å²) in [5.74, 6) is 2.53. The average molecular weight is 1500 g/mol. The number of alkyl halides is 3. The summed E-state index contributed by atoms with van der Waals surface area (Å²) in [6, 6.07) is 32.3. The van der Waals surface area contributed by atoms with E-state index >= 15 is 0 Å². The van der Waals surface area contributed by atoms with Crippen molar-refractivity contribution < 1.29 is 59.6 Å². The minimum Gasteiger partial charge on any atom is -0.497 e. The van der Waals surface area contributed by atoms with Gasteiger partial charge in [0.05, 0.1) is 142 Å². The molecular weight excluding hydrogens is 1420 g/mol. The number of aliphatic hydroxyl groups excluding tert-OH is 1. The predicted molar refractivity (Wildman–Crippen MR) is 407 cm³/mol. The maximum atomic E-state index is 14.1.